The molecule has 0 spiro atoms. The molecule has 0 saturated heterocycles. The molecular weight excluding hydrogens is 550 g/mol. The Bertz CT molecular complexity index is 1890. The molecule has 0 saturated carbocycles. The van der Waals surface area contributed by atoms with Gasteiger partial charge in [-0.2, -0.15) is 0 Å². The maximum absolute atomic E-state index is 13.8. The van der Waals surface area contributed by atoms with Crippen LogP contribution in [0.4, 0.5) is 5.69 Å². The Balaban J connectivity index is 1.51. The minimum absolute atomic E-state index is 0.0323. The number of para-hydroxylation sites is 1. The van der Waals surface area contributed by atoms with Crippen LogP contribution in [0.2, 0.25) is 0 Å². The number of anilines is 1. The molecule has 204 valence electrons. The number of thiazole rings is 1. The number of aromatic amines is 1. The number of nitrogens with two attached hydrogens (primary N) is 1. The first-order chi connectivity index (χ1) is 19.1. The standard InChI is InChI=1S/C28H25N5O5S2/c1-16-26(22(34)12-7-17-5-8-18(9-6-17)28(29)30)20-13-19(10-11-21(20)32-16)33(14-25(35)36)40(37,38)24-4-2-3-23-27(24)31-15-39-23/h2-6,8-11,13,15,32H,7,12,14H2,1H3,(H3,29,30)(H,35,36). The second kappa shape index (κ2) is 10.5. The van der Waals surface area contributed by atoms with Gasteiger partial charge in [-0.3, -0.25) is 19.3 Å². The van der Waals surface area contributed by atoms with Crippen molar-refractivity contribution in [3.8, 4) is 0 Å². The van der Waals surface area contributed by atoms with Crippen LogP contribution in [-0.4, -0.2) is 47.6 Å². The molecule has 12 heteroatoms. The Morgan fingerprint density at radius 3 is 2.58 bits per heavy atom. The lowest BCUT2D eigenvalue weighted by Crippen LogP contribution is -2.35. The van der Waals surface area contributed by atoms with E-state index >= 15 is 0 Å². The predicted molar refractivity (Wildman–Crippen MR) is 155 cm³/mol. The average molecular weight is 576 g/mol. The quantitative estimate of drug-likeness (QED) is 0.108. The van der Waals surface area contributed by atoms with E-state index in [4.69, 9.17) is 11.1 Å². The third-order valence-corrected chi connectivity index (χ3v) is 9.21. The van der Waals surface area contributed by atoms with Gasteiger partial charge in [0.25, 0.3) is 10.0 Å². The zero-order valence-electron chi connectivity index (χ0n) is 21.3. The van der Waals surface area contributed by atoms with Crippen LogP contribution >= 0.6 is 11.3 Å². The molecule has 40 heavy (non-hydrogen) atoms. The number of hydrogen-bond acceptors (Lipinski definition) is 7. The highest BCUT2D eigenvalue weighted by atomic mass is 32.2. The van der Waals surface area contributed by atoms with Gasteiger partial charge in [-0.1, -0.05) is 30.3 Å². The summed E-state index contributed by atoms with van der Waals surface area (Å²) >= 11 is 1.29. The van der Waals surface area contributed by atoms with Crippen LogP contribution in [0, 0.1) is 12.3 Å². The molecule has 0 amide bonds. The number of benzene rings is 3. The Morgan fingerprint density at radius 1 is 1.12 bits per heavy atom. The number of rotatable bonds is 10. The number of nitrogens with one attached hydrogen (secondary N) is 2. The third kappa shape index (κ3) is 5.06. The first-order valence-corrected chi connectivity index (χ1v) is 14.5. The van der Waals surface area contributed by atoms with Gasteiger partial charge in [-0.25, -0.2) is 13.4 Å². The molecule has 2 aromatic heterocycles. The maximum atomic E-state index is 13.8. The number of amidine groups is 1. The zero-order valence-corrected chi connectivity index (χ0v) is 23.0. The summed E-state index contributed by atoms with van der Waals surface area (Å²) < 4.78 is 29.1. The summed E-state index contributed by atoms with van der Waals surface area (Å²) in [6.45, 7) is 0.959. The summed E-state index contributed by atoms with van der Waals surface area (Å²) in [6.07, 6.45) is 0.653. The van der Waals surface area contributed by atoms with Gasteiger partial charge in [-0.05, 0) is 49.2 Å². The normalized spacial score (nSPS) is 11.6. The summed E-state index contributed by atoms with van der Waals surface area (Å²) in [7, 11) is -4.32. The number of ketones is 1. The maximum Gasteiger partial charge on any atom is 0.324 e. The Kier molecular flexibility index (Phi) is 7.13. The van der Waals surface area contributed by atoms with Crippen LogP contribution in [0.1, 0.15) is 33.6 Å². The van der Waals surface area contributed by atoms with Gasteiger partial charge in [0.05, 0.1) is 15.9 Å². The number of hydrogen-bond donors (Lipinski definition) is 4. The van der Waals surface area contributed by atoms with E-state index in [1.807, 2.05) is 12.1 Å². The molecule has 3 aromatic carbocycles. The number of aryl methyl sites for hydroxylation is 2. The van der Waals surface area contributed by atoms with Gasteiger partial charge in [0, 0.05) is 34.1 Å². The highest BCUT2D eigenvalue weighted by Crippen LogP contribution is 2.33. The zero-order chi connectivity index (χ0) is 28.6. The molecule has 0 fully saturated rings. The Hall–Kier alpha value is -4.55. The van der Waals surface area contributed by atoms with Crippen molar-refractivity contribution in [3.05, 3.63) is 88.6 Å². The molecule has 0 radical (unpaired) electrons. The molecule has 0 aliphatic rings. The summed E-state index contributed by atoms with van der Waals surface area (Å²) in [6, 6.07) is 16.5. The highest BCUT2D eigenvalue weighted by molar-refractivity contribution is 7.93. The number of carboxylic acid groups (broad SMARTS) is 1. The highest BCUT2D eigenvalue weighted by Gasteiger charge is 2.30. The van der Waals surface area contributed by atoms with Crippen molar-refractivity contribution in [2.24, 2.45) is 5.73 Å². The van der Waals surface area contributed by atoms with Crippen LogP contribution in [0.15, 0.2) is 71.1 Å². The van der Waals surface area contributed by atoms with Crippen molar-refractivity contribution in [2.75, 3.05) is 10.8 Å². The largest absolute Gasteiger partial charge is 0.480 e. The van der Waals surface area contributed by atoms with E-state index in [2.05, 4.69) is 9.97 Å². The van der Waals surface area contributed by atoms with Crippen LogP contribution in [0.25, 0.3) is 21.1 Å². The summed E-state index contributed by atoms with van der Waals surface area (Å²) in [5.74, 6) is -1.50. The van der Waals surface area contributed by atoms with Gasteiger partial charge in [-0.15, -0.1) is 11.3 Å². The number of aliphatic carboxylic acids is 1. The summed E-state index contributed by atoms with van der Waals surface area (Å²) in [5.41, 5.74) is 10.6. The Morgan fingerprint density at radius 2 is 1.88 bits per heavy atom. The molecule has 2 heterocycles. The number of fused-ring (bicyclic) bond motifs is 2. The molecule has 0 aliphatic heterocycles. The number of H-pyrrole nitrogens is 1. The van der Waals surface area contributed by atoms with Crippen molar-refractivity contribution in [3.63, 3.8) is 0 Å². The molecule has 0 atom stereocenters. The van der Waals surface area contributed by atoms with Gasteiger partial charge in [0.1, 0.15) is 22.8 Å². The van der Waals surface area contributed by atoms with Crippen LogP contribution in [0.5, 0.6) is 0 Å². The minimum atomic E-state index is -4.32. The van der Waals surface area contributed by atoms with E-state index in [1.165, 1.54) is 35.0 Å². The van der Waals surface area contributed by atoms with Crippen molar-refractivity contribution in [2.45, 2.75) is 24.7 Å². The van der Waals surface area contributed by atoms with Crippen molar-refractivity contribution in [1.82, 2.24) is 9.97 Å². The molecular formula is C28H25N5O5S2. The Labute approximate surface area is 233 Å². The number of sulfonamides is 1. The fraction of sp³-hybridized carbons (Fsp3) is 0.143. The van der Waals surface area contributed by atoms with E-state index in [9.17, 15) is 23.1 Å². The monoisotopic (exact) mass is 575 g/mol. The second-order valence-corrected chi connectivity index (χ2v) is 12.0. The van der Waals surface area contributed by atoms with E-state index in [-0.39, 0.29) is 34.1 Å². The summed E-state index contributed by atoms with van der Waals surface area (Å²) in [5, 5.41) is 17.6. The van der Waals surface area contributed by atoms with Crippen LogP contribution in [0.3, 0.4) is 0 Å². The smallest absolute Gasteiger partial charge is 0.324 e. The van der Waals surface area contributed by atoms with Crippen LogP contribution < -0.4 is 10.0 Å². The number of carbonyl (C=O) groups excluding carboxylic acids is 1. The lowest BCUT2D eigenvalue weighted by molar-refractivity contribution is -0.135. The summed E-state index contributed by atoms with van der Waals surface area (Å²) in [4.78, 5) is 32.4. The molecule has 0 bridgehead atoms. The minimum Gasteiger partial charge on any atom is -0.480 e. The number of Topliss-reactive ketones (excluding diaryl/α,β-unsaturated/α-hetero) is 1. The fourth-order valence-corrected chi connectivity index (χ4v) is 7.02. The van der Waals surface area contributed by atoms with E-state index < -0.39 is 22.5 Å². The lowest BCUT2D eigenvalue weighted by Gasteiger charge is -2.23. The van der Waals surface area contributed by atoms with Gasteiger partial charge < -0.3 is 15.8 Å². The van der Waals surface area contributed by atoms with Crippen molar-refractivity contribution >= 4 is 65.8 Å². The first-order valence-electron chi connectivity index (χ1n) is 12.2. The van der Waals surface area contributed by atoms with Crippen LogP contribution in [-0.2, 0) is 21.2 Å². The topological polar surface area (TPSA) is 170 Å². The van der Waals surface area contributed by atoms with E-state index in [0.717, 1.165) is 9.87 Å². The molecule has 0 unspecified atom stereocenters. The second-order valence-electron chi connectivity index (χ2n) is 9.25. The van der Waals surface area contributed by atoms with E-state index in [1.54, 1.807) is 37.3 Å². The predicted octanol–water partition coefficient (Wildman–Crippen LogP) is 4.47. The molecule has 0 aliphatic carbocycles. The van der Waals surface area contributed by atoms with Gasteiger partial charge in [0.2, 0.25) is 0 Å². The number of aromatic nitrogens is 2. The van der Waals surface area contributed by atoms with Crippen molar-refractivity contribution in [1.29, 1.82) is 5.41 Å². The molecule has 10 nitrogen and oxygen atoms in total. The van der Waals surface area contributed by atoms with Gasteiger partial charge >= 0.3 is 5.97 Å². The fourth-order valence-electron chi connectivity index (χ4n) is 4.69. The molecule has 5 aromatic rings. The number of carbonyl (C=O) groups is 2. The number of carboxylic acids is 1. The lowest BCUT2D eigenvalue weighted by atomic mass is 9.99. The van der Waals surface area contributed by atoms with Crippen molar-refractivity contribution < 1.29 is 23.1 Å². The molecule has 5 N–H and O–H groups in total. The number of nitrogen functional groups attached to an aromatic ring is 1. The SMILES string of the molecule is Cc1[nH]c2ccc(N(CC(=O)O)S(=O)(=O)c3cccc4scnc34)cc2c1C(=O)CCc1ccc(C(=N)N)cc1. The average Bonchev–Trinajstić information content (AvgIpc) is 3.53. The molecule has 5 rings (SSSR count). The van der Waals surface area contributed by atoms with Gasteiger partial charge in [0.15, 0.2) is 5.78 Å². The third-order valence-electron chi connectivity index (χ3n) is 6.61. The number of nitrogens with zero attached hydrogens (tertiary/aromatic N) is 2. The first kappa shape index (κ1) is 27.0. The van der Waals surface area contributed by atoms with E-state index in [0.29, 0.717) is 38.8 Å².